The fourth-order valence-electron chi connectivity index (χ4n) is 5.55. The molecule has 3 aromatic rings. The molecule has 1 heterocycles. The molecule has 3 aromatic carbocycles. The number of piperazine rings is 1. The number of rotatable bonds is 5. The molecule has 202 valence electrons. The van der Waals surface area contributed by atoms with Crippen LogP contribution in [0.25, 0.3) is 11.1 Å². The molecule has 6 heteroatoms. The molecule has 2 N–H and O–H groups in total. The van der Waals surface area contributed by atoms with E-state index < -0.39 is 14.2 Å². The SMILES string of the molecule is Cc1c(CN2CCNCC2)cc(NC(=O)OCC2c3ccccc3-c3ccccc32)c(C)c1C#C[Si](C)(C)C. The zero-order chi connectivity index (χ0) is 27.6. The summed E-state index contributed by atoms with van der Waals surface area (Å²) >= 11 is 0. The fourth-order valence-corrected chi connectivity index (χ4v) is 6.05. The molecule has 1 fully saturated rings. The summed E-state index contributed by atoms with van der Waals surface area (Å²) in [7, 11) is -1.57. The number of fused-ring (bicyclic) bond motifs is 3. The first-order chi connectivity index (χ1) is 18.7. The lowest BCUT2D eigenvalue weighted by molar-refractivity contribution is 0.158. The molecule has 0 unspecified atom stereocenters. The Kier molecular flexibility index (Phi) is 7.95. The number of amides is 1. The number of hydrogen-bond acceptors (Lipinski definition) is 4. The highest BCUT2D eigenvalue weighted by Crippen LogP contribution is 2.44. The number of nitrogens with one attached hydrogen (secondary N) is 2. The van der Waals surface area contributed by atoms with Crippen LogP contribution in [0.5, 0.6) is 0 Å². The second kappa shape index (κ2) is 11.4. The van der Waals surface area contributed by atoms with E-state index >= 15 is 0 Å². The molecule has 0 radical (unpaired) electrons. The Morgan fingerprint density at radius 1 is 1.00 bits per heavy atom. The highest BCUT2D eigenvalue weighted by molar-refractivity contribution is 6.83. The molecule has 5 nitrogen and oxygen atoms in total. The quantitative estimate of drug-likeness (QED) is 0.296. The Morgan fingerprint density at radius 3 is 2.23 bits per heavy atom. The van der Waals surface area contributed by atoms with Gasteiger partial charge in [0.15, 0.2) is 0 Å². The number of carbonyl (C=O) groups excluding carboxylic acids is 1. The molecule has 0 spiro atoms. The van der Waals surface area contributed by atoms with E-state index in [0.29, 0.717) is 6.61 Å². The normalized spacial score (nSPS) is 15.2. The molecular weight excluding hydrogens is 498 g/mol. The summed E-state index contributed by atoms with van der Waals surface area (Å²) in [5.41, 5.74) is 13.6. The van der Waals surface area contributed by atoms with E-state index in [9.17, 15) is 4.79 Å². The van der Waals surface area contributed by atoms with Crippen molar-refractivity contribution in [2.75, 3.05) is 38.1 Å². The second-order valence-electron chi connectivity index (χ2n) is 11.7. The molecule has 1 aliphatic carbocycles. The molecular formula is C33H39N3O2Si. The lowest BCUT2D eigenvalue weighted by Gasteiger charge is -2.28. The van der Waals surface area contributed by atoms with Gasteiger partial charge in [-0.3, -0.25) is 10.2 Å². The summed E-state index contributed by atoms with van der Waals surface area (Å²) in [5, 5.41) is 6.50. The van der Waals surface area contributed by atoms with Gasteiger partial charge in [0.25, 0.3) is 0 Å². The van der Waals surface area contributed by atoms with Crippen molar-refractivity contribution in [2.45, 2.75) is 46.0 Å². The maximum absolute atomic E-state index is 13.2. The van der Waals surface area contributed by atoms with Crippen LogP contribution in [0.15, 0.2) is 54.6 Å². The lowest BCUT2D eigenvalue weighted by atomic mass is 9.95. The molecule has 0 aromatic heterocycles. The van der Waals surface area contributed by atoms with Crippen LogP contribution in [0.4, 0.5) is 10.5 Å². The molecule has 0 bridgehead atoms. The molecule has 39 heavy (non-hydrogen) atoms. The van der Waals surface area contributed by atoms with Crippen LogP contribution < -0.4 is 10.6 Å². The number of carbonyl (C=O) groups is 1. The van der Waals surface area contributed by atoms with Gasteiger partial charge in [-0.05, 0) is 58.9 Å². The van der Waals surface area contributed by atoms with E-state index in [1.54, 1.807) is 0 Å². The summed E-state index contributed by atoms with van der Waals surface area (Å²) in [6, 6.07) is 18.9. The minimum absolute atomic E-state index is 0.0312. The van der Waals surface area contributed by atoms with Crippen molar-refractivity contribution in [3.05, 3.63) is 88.0 Å². The van der Waals surface area contributed by atoms with Crippen molar-refractivity contribution >= 4 is 19.9 Å². The average molecular weight is 538 g/mol. The number of benzene rings is 3. The van der Waals surface area contributed by atoms with E-state index in [1.807, 2.05) is 0 Å². The van der Waals surface area contributed by atoms with Gasteiger partial charge in [-0.25, -0.2) is 4.79 Å². The first kappa shape index (κ1) is 27.2. The van der Waals surface area contributed by atoms with Gasteiger partial charge in [-0.1, -0.05) is 74.1 Å². The third kappa shape index (κ3) is 6.12. The third-order valence-corrected chi connectivity index (χ3v) is 8.58. The first-order valence-electron chi connectivity index (χ1n) is 13.9. The second-order valence-corrected chi connectivity index (χ2v) is 16.4. The van der Waals surface area contributed by atoms with Crippen molar-refractivity contribution in [1.29, 1.82) is 0 Å². The van der Waals surface area contributed by atoms with Crippen LogP contribution >= 0.6 is 0 Å². The van der Waals surface area contributed by atoms with Gasteiger partial charge >= 0.3 is 6.09 Å². The molecule has 5 rings (SSSR count). The number of ether oxygens (including phenoxy) is 1. The molecule has 1 saturated heterocycles. The number of hydrogen-bond donors (Lipinski definition) is 2. The Labute approximate surface area is 234 Å². The van der Waals surface area contributed by atoms with E-state index in [1.165, 1.54) is 33.4 Å². The van der Waals surface area contributed by atoms with Gasteiger partial charge in [0, 0.05) is 49.9 Å². The first-order valence-corrected chi connectivity index (χ1v) is 17.4. The Bertz CT molecular complexity index is 1400. The highest BCUT2D eigenvalue weighted by atomic mass is 28.3. The molecule has 2 aliphatic rings. The topological polar surface area (TPSA) is 53.6 Å². The van der Waals surface area contributed by atoms with Crippen molar-refractivity contribution in [3.63, 3.8) is 0 Å². The molecule has 0 saturated carbocycles. The Morgan fingerprint density at radius 2 is 1.62 bits per heavy atom. The minimum atomic E-state index is -1.57. The zero-order valence-electron chi connectivity index (χ0n) is 23.8. The van der Waals surface area contributed by atoms with Crippen molar-refractivity contribution in [3.8, 4) is 22.6 Å². The van der Waals surface area contributed by atoms with E-state index in [-0.39, 0.29) is 5.92 Å². The van der Waals surface area contributed by atoms with Crippen molar-refractivity contribution < 1.29 is 9.53 Å². The molecule has 0 atom stereocenters. The smallest absolute Gasteiger partial charge is 0.411 e. The van der Waals surface area contributed by atoms with Gasteiger partial charge in [0.05, 0.1) is 0 Å². The van der Waals surface area contributed by atoms with Crippen molar-refractivity contribution in [1.82, 2.24) is 10.2 Å². The minimum Gasteiger partial charge on any atom is -0.448 e. The monoisotopic (exact) mass is 537 g/mol. The summed E-state index contributed by atoms with van der Waals surface area (Å²) < 4.78 is 5.87. The van der Waals surface area contributed by atoms with Crippen LogP contribution in [-0.2, 0) is 11.3 Å². The number of nitrogens with zero attached hydrogens (tertiary/aromatic N) is 1. The van der Waals surface area contributed by atoms with Crippen LogP contribution in [0.2, 0.25) is 19.6 Å². The lowest BCUT2D eigenvalue weighted by Crippen LogP contribution is -2.43. The van der Waals surface area contributed by atoms with Gasteiger partial charge in [0.2, 0.25) is 0 Å². The van der Waals surface area contributed by atoms with E-state index in [4.69, 9.17) is 4.74 Å². The Balaban J connectivity index is 1.38. The summed E-state index contributed by atoms with van der Waals surface area (Å²) in [6.07, 6.45) is -0.430. The summed E-state index contributed by atoms with van der Waals surface area (Å²) in [5.74, 6) is 3.53. The van der Waals surface area contributed by atoms with E-state index in [0.717, 1.165) is 49.5 Å². The largest absolute Gasteiger partial charge is 0.448 e. The van der Waals surface area contributed by atoms with Crippen molar-refractivity contribution in [2.24, 2.45) is 0 Å². The van der Waals surface area contributed by atoms with Crippen LogP contribution in [0.1, 0.15) is 39.3 Å². The average Bonchev–Trinajstić information content (AvgIpc) is 3.24. The van der Waals surface area contributed by atoms with Crippen LogP contribution in [-0.4, -0.2) is 51.9 Å². The standard InChI is InChI=1S/C33H39N3O2Si/c1-23-25(21-36-17-15-34-16-18-36)20-32(24(2)26(23)14-19-39(3,4)5)35-33(37)38-22-31-29-12-8-6-10-27(29)28-11-7-9-13-30(28)31/h6-13,20,31,34H,15-18,21-22H2,1-5H3,(H,35,37). The van der Waals surface area contributed by atoms with Gasteiger partial charge < -0.3 is 10.1 Å². The number of anilines is 1. The predicted octanol–water partition coefficient (Wildman–Crippen LogP) is 6.30. The predicted molar refractivity (Wildman–Crippen MR) is 163 cm³/mol. The van der Waals surface area contributed by atoms with Crippen LogP contribution in [0, 0.1) is 25.3 Å². The zero-order valence-corrected chi connectivity index (χ0v) is 24.8. The molecule has 1 amide bonds. The fraction of sp³-hybridized carbons (Fsp3) is 0.364. The van der Waals surface area contributed by atoms with Gasteiger partial charge in [-0.15, -0.1) is 5.54 Å². The van der Waals surface area contributed by atoms with Gasteiger partial charge in [-0.2, -0.15) is 0 Å². The maximum atomic E-state index is 13.2. The van der Waals surface area contributed by atoms with Crippen LogP contribution in [0.3, 0.4) is 0 Å². The molecule has 1 aliphatic heterocycles. The third-order valence-electron chi connectivity index (χ3n) is 7.70. The van der Waals surface area contributed by atoms with E-state index in [2.05, 4.69) is 115 Å². The summed E-state index contributed by atoms with van der Waals surface area (Å²) in [6.45, 7) is 16.1. The van der Waals surface area contributed by atoms with Gasteiger partial charge in [0.1, 0.15) is 14.7 Å². The Hall–Kier alpha value is -3.37. The maximum Gasteiger partial charge on any atom is 0.411 e. The highest BCUT2D eigenvalue weighted by Gasteiger charge is 2.29. The summed E-state index contributed by atoms with van der Waals surface area (Å²) in [4.78, 5) is 15.6.